The van der Waals surface area contributed by atoms with E-state index in [0.29, 0.717) is 29.2 Å². The van der Waals surface area contributed by atoms with Crippen LogP contribution in [0.4, 0.5) is 5.69 Å². The Kier molecular flexibility index (Phi) is 7.50. The number of nitrogens with zero attached hydrogens (tertiary/aromatic N) is 1. The number of hydrogen-bond donors (Lipinski definition) is 1. The molecule has 2 rings (SSSR count). The van der Waals surface area contributed by atoms with Crippen LogP contribution in [0.1, 0.15) is 42.2 Å². The minimum atomic E-state index is -3.35. The van der Waals surface area contributed by atoms with Crippen LogP contribution in [-0.2, 0) is 10.0 Å². The molecule has 7 nitrogen and oxygen atoms in total. The number of rotatable bonds is 9. The van der Waals surface area contributed by atoms with Crippen molar-refractivity contribution in [1.82, 2.24) is 5.32 Å². The molecule has 0 bridgehead atoms. The summed E-state index contributed by atoms with van der Waals surface area (Å²) in [6, 6.07) is 11.8. The van der Waals surface area contributed by atoms with Crippen LogP contribution in [0.2, 0.25) is 0 Å². The molecular weight excluding hydrogens is 392 g/mol. The fourth-order valence-corrected chi connectivity index (χ4v) is 3.74. The molecule has 1 amide bonds. The van der Waals surface area contributed by atoms with E-state index in [0.717, 1.165) is 5.56 Å². The van der Waals surface area contributed by atoms with Gasteiger partial charge in [-0.3, -0.25) is 9.10 Å². The summed E-state index contributed by atoms with van der Waals surface area (Å²) in [6.45, 7) is 3.57. The van der Waals surface area contributed by atoms with Gasteiger partial charge >= 0.3 is 0 Å². The normalized spacial score (nSPS) is 12.2. The third-order valence-electron chi connectivity index (χ3n) is 4.80. The molecule has 0 aliphatic heterocycles. The first-order chi connectivity index (χ1) is 13.8. The number of carbonyl (C=O) groups is 1. The molecule has 0 aliphatic carbocycles. The number of ether oxygens (including phenoxy) is 2. The summed E-state index contributed by atoms with van der Waals surface area (Å²) in [7, 11) is 1.29. The second-order valence-corrected chi connectivity index (χ2v) is 8.75. The molecular formula is C21H28N2O5S. The number of amides is 1. The lowest BCUT2D eigenvalue weighted by atomic mass is 10.0. The fourth-order valence-electron chi connectivity index (χ4n) is 2.91. The van der Waals surface area contributed by atoms with Crippen molar-refractivity contribution >= 4 is 21.6 Å². The van der Waals surface area contributed by atoms with Gasteiger partial charge in [-0.15, -0.1) is 0 Å². The lowest BCUT2D eigenvalue weighted by Crippen LogP contribution is -2.29. The fraction of sp³-hybridized carbons (Fsp3) is 0.381. The molecule has 0 spiro atoms. The van der Waals surface area contributed by atoms with E-state index in [1.54, 1.807) is 45.4 Å². The van der Waals surface area contributed by atoms with Gasteiger partial charge in [0.15, 0.2) is 11.5 Å². The van der Waals surface area contributed by atoms with Crippen LogP contribution < -0.4 is 19.1 Å². The predicted octanol–water partition coefficient (Wildman–Crippen LogP) is 3.37. The molecule has 0 aromatic heterocycles. The average molecular weight is 421 g/mol. The van der Waals surface area contributed by atoms with E-state index < -0.39 is 10.0 Å². The summed E-state index contributed by atoms with van der Waals surface area (Å²) in [5, 5.41) is 3.01. The van der Waals surface area contributed by atoms with Crippen LogP contribution in [-0.4, -0.2) is 41.3 Å². The van der Waals surface area contributed by atoms with Crippen molar-refractivity contribution in [2.24, 2.45) is 0 Å². The summed E-state index contributed by atoms with van der Waals surface area (Å²) in [5.74, 6) is 0.996. The van der Waals surface area contributed by atoms with E-state index in [1.165, 1.54) is 11.4 Å². The topological polar surface area (TPSA) is 84.9 Å². The summed E-state index contributed by atoms with van der Waals surface area (Å²) < 4.78 is 35.8. The van der Waals surface area contributed by atoms with Gasteiger partial charge in [0, 0.05) is 12.6 Å². The van der Waals surface area contributed by atoms with E-state index in [9.17, 15) is 13.2 Å². The zero-order chi connectivity index (χ0) is 21.6. The van der Waals surface area contributed by atoms with E-state index >= 15 is 0 Å². The molecule has 1 atom stereocenters. The Morgan fingerprint density at radius 3 is 2.17 bits per heavy atom. The van der Waals surface area contributed by atoms with Crippen molar-refractivity contribution in [2.75, 3.05) is 31.3 Å². The molecule has 29 heavy (non-hydrogen) atoms. The zero-order valence-electron chi connectivity index (χ0n) is 17.4. The maximum absolute atomic E-state index is 12.7. The van der Waals surface area contributed by atoms with Gasteiger partial charge < -0.3 is 14.8 Å². The maximum atomic E-state index is 12.7. The highest BCUT2D eigenvalue weighted by Gasteiger charge is 2.18. The van der Waals surface area contributed by atoms with Crippen LogP contribution in [0.25, 0.3) is 0 Å². The van der Waals surface area contributed by atoms with Crippen molar-refractivity contribution in [2.45, 2.75) is 26.3 Å². The van der Waals surface area contributed by atoms with Crippen molar-refractivity contribution < 1.29 is 22.7 Å². The number of carbonyl (C=O) groups excluding carboxylic acids is 1. The average Bonchev–Trinajstić information content (AvgIpc) is 2.76. The Bertz CT molecular complexity index is 942. The third-order valence-corrected chi connectivity index (χ3v) is 6.57. The number of benzene rings is 2. The molecule has 1 N–H and O–H groups in total. The maximum Gasteiger partial charge on any atom is 0.251 e. The quantitative estimate of drug-likeness (QED) is 0.672. The van der Waals surface area contributed by atoms with Crippen molar-refractivity contribution in [3.8, 4) is 11.5 Å². The van der Waals surface area contributed by atoms with Gasteiger partial charge in [0.2, 0.25) is 10.0 Å². The monoisotopic (exact) mass is 420 g/mol. The van der Waals surface area contributed by atoms with Gasteiger partial charge in [-0.25, -0.2) is 8.42 Å². The molecule has 0 fully saturated rings. The highest BCUT2D eigenvalue weighted by Crippen LogP contribution is 2.31. The first-order valence-corrected chi connectivity index (χ1v) is 11.0. The van der Waals surface area contributed by atoms with Crippen molar-refractivity contribution in [3.05, 3.63) is 53.6 Å². The van der Waals surface area contributed by atoms with Crippen LogP contribution in [0.15, 0.2) is 42.5 Å². The highest BCUT2D eigenvalue weighted by molar-refractivity contribution is 7.92. The minimum Gasteiger partial charge on any atom is -0.493 e. The number of methoxy groups -OCH3 is 2. The second kappa shape index (κ2) is 9.65. The Balaban J connectivity index is 2.18. The molecule has 8 heteroatoms. The van der Waals surface area contributed by atoms with Gasteiger partial charge in [-0.05, 0) is 55.3 Å². The van der Waals surface area contributed by atoms with Gasteiger partial charge in [0.1, 0.15) is 0 Å². The highest BCUT2D eigenvalue weighted by atomic mass is 32.2. The predicted molar refractivity (Wildman–Crippen MR) is 114 cm³/mol. The van der Waals surface area contributed by atoms with Crippen LogP contribution in [0.5, 0.6) is 11.5 Å². The lowest BCUT2D eigenvalue weighted by molar-refractivity contribution is 0.0935. The third kappa shape index (κ3) is 5.20. The largest absolute Gasteiger partial charge is 0.493 e. The Morgan fingerprint density at radius 2 is 1.66 bits per heavy atom. The summed E-state index contributed by atoms with van der Waals surface area (Å²) in [6.07, 6.45) is 0.691. The Hall–Kier alpha value is -2.74. The number of anilines is 1. The van der Waals surface area contributed by atoms with Crippen molar-refractivity contribution in [1.29, 1.82) is 0 Å². The summed E-state index contributed by atoms with van der Waals surface area (Å²) in [5.41, 5.74) is 1.87. The molecule has 2 aromatic rings. The zero-order valence-corrected chi connectivity index (χ0v) is 18.2. The molecule has 0 unspecified atom stereocenters. The van der Waals surface area contributed by atoms with E-state index in [2.05, 4.69) is 5.32 Å². The van der Waals surface area contributed by atoms with Crippen LogP contribution in [0, 0.1) is 0 Å². The Labute approximate surface area is 172 Å². The van der Waals surface area contributed by atoms with E-state index in [4.69, 9.17) is 9.47 Å². The number of nitrogens with one attached hydrogen (secondary N) is 1. The molecule has 0 saturated heterocycles. The van der Waals surface area contributed by atoms with Gasteiger partial charge in [0.05, 0.1) is 31.7 Å². The van der Waals surface area contributed by atoms with Crippen LogP contribution in [0.3, 0.4) is 0 Å². The number of sulfonamides is 1. The summed E-state index contributed by atoms with van der Waals surface area (Å²) >= 11 is 0. The first-order valence-electron chi connectivity index (χ1n) is 9.36. The van der Waals surface area contributed by atoms with Crippen molar-refractivity contribution in [3.63, 3.8) is 0 Å². The molecule has 0 heterocycles. The SMILES string of the molecule is CC[C@@H](NC(=O)c1ccc(N(C)S(=O)(=O)CC)cc1)c1ccc(OC)c(OC)c1. The molecule has 0 radical (unpaired) electrons. The first kappa shape index (κ1) is 22.5. The smallest absolute Gasteiger partial charge is 0.251 e. The van der Waals surface area contributed by atoms with Gasteiger partial charge in [-0.2, -0.15) is 0 Å². The van der Waals surface area contributed by atoms with E-state index in [1.807, 2.05) is 25.1 Å². The van der Waals surface area contributed by atoms with Crippen LogP contribution >= 0.6 is 0 Å². The second-order valence-electron chi connectivity index (χ2n) is 6.46. The summed E-state index contributed by atoms with van der Waals surface area (Å²) in [4.78, 5) is 12.7. The van der Waals surface area contributed by atoms with E-state index in [-0.39, 0.29) is 17.7 Å². The lowest BCUT2D eigenvalue weighted by Gasteiger charge is -2.20. The van der Waals surface area contributed by atoms with Gasteiger partial charge in [0.25, 0.3) is 5.91 Å². The van der Waals surface area contributed by atoms with Gasteiger partial charge in [-0.1, -0.05) is 13.0 Å². The molecule has 2 aromatic carbocycles. The Morgan fingerprint density at radius 1 is 1.03 bits per heavy atom. The molecule has 158 valence electrons. The standard InChI is InChI=1S/C21H28N2O5S/c1-6-18(16-10-13-19(27-4)20(14-16)28-5)22-21(24)15-8-11-17(12-9-15)23(3)29(25,26)7-2/h8-14,18H,6-7H2,1-5H3,(H,22,24)/t18-/m1/s1. The molecule has 0 saturated carbocycles. The number of hydrogen-bond acceptors (Lipinski definition) is 5. The molecule has 0 aliphatic rings. The minimum absolute atomic E-state index is 0.00917.